The number of halogens is 2. The molecule has 0 N–H and O–H groups in total. The van der Waals surface area contributed by atoms with E-state index in [0.717, 1.165) is 16.8 Å². The van der Waals surface area contributed by atoms with Crippen molar-refractivity contribution in [3.63, 3.8) is 0 Å². The smallest absolute Gasteiger partial charge is 0.226 e. The minimum absolute atomic E-state index is 0.357. The van der Waals surface area contributed by atoms with Gasteiger partial charge in [-0.1, -0.05) is 11.6 Å². The van der Waals surface area contributed by atoms with E-state index in [9.17, 15) is 0 Å². The van der Waals surface area contributed by atoms with Crippen LogP contribution in [-0.2, 0) is 5.88 Å². The topological polar surface area (TPSA) is 26.0 Å². The van der Waals surface area contributed by atoms with Gasteiger partial charge < -0.3 is 4.42 Å². The number of rotatable bonds is 2. The summed E-state index contributed by atoms with van der Waals surface area (Å²) in [7, 11) is 0. The lowest BCUT2D eigenvalue weighted by Crippen LogP contribution is -1.84. The van der Waals surface area contributed by atoms with Crippen LogP contribution in [0.1, 0.15) is 11.3 Å². The van der Waals surface area contributed by atoms with Crippen molar-refractivity contribution in [1.82, 2.24) is 4.98 Å². The first-order valence-electron chi connectivity index (χ1n) is 4.47. The first-order valence-corrected chi connectivity index (χ1v) is 5.39. The lowest BCUT2D eigenvalue weighted by molar-refractivity contribution is 0.573. The fourth-order valence-corrected chi connectivity index (χ4v) is 1.71. The predicted octanol–water partition coefficient (Wildman–Crippen LogP) is 4.04. The average molecular weight is 242 g/mol. The maximum Gasteiger partial charge on any atom is 0.226 e. The molecule has 2 aromatic rings. The van der Waals surface area contributed by atoms with Crippen molar-refractivity contribution in [2.45, 2.75) is 12.8 Å². The molecule has 1 aromatic heterocycles. The molecule has 2 rings (SSSR count). The van der Waals surface area contributed by atoms with E-state index in [4.69, 9.17) is 27.6 Å². The molecule has 0 aliphatic heterocycles. The van der Waals surface area contributed by atoms with Gasteiger partial charge >= 0.3 is 0 Å². The van der Waals surface area contributed by atoms with Gasteiger partial charge in [-0.3, -0.25) is 0 Å². The van der Waals surface area contributed by atoms with Crippen LogP contribution in [0.3, 0.4) is 0 Å². The summed E-state index contributed by atoms with van der Waals surface area (Å²) in [4.78, 5) is 4.25. The van der Waals surface area contributed by atoms with Gasteiger partial charge in [0.2, 0.25) is 5.89 Å². The number of aromatic nitrogens is 1. The zero-order valence-electron chi connectivity index (χ0n) is 8.13. The molecule has 0 aliphatic rings. The van der Waals surface area contributed by atoms with E-state index in [1.807, 2.05) is 25.1 Å². The van der Waals surface area contributed by atoms with Crippen molar-refractivity contribution in [2.75, 3.05) is 0 Å². The highest BCUT2D eigenvalue weighted by atomic mass is 35.5. The Morgan fingerprint density at radius 2 is 2.20 bits per heavy atom. The molecule has 1 aromatic carbocycles. The Labute approximate surface area is 97.8 Å². The van der Waals surface area contributed by atoms with Crippen LogP contribution < -0.4 is 0 Å². The summed E-state index contributed by atoms with van der Waals surface area (Å²) in [5.74, 6) is 0.940. The third-order valence-corrected chi connectivity index (χ3v) is 2.62. The molecule has 0 spiro atoms. The van der Waals surface area contributed by atoms with Gasteiger partial charge in [-0.15, -0.1) is 11.6 Å². The third-order valence-electron chi connectivity index (χ3n) is 2.11. The first-order chi connectivity index (χ1) is 7.20. The van der Waals surface area contributed by atoms with Crippen LogP contribution in [0, 0.1) is 6.92 Å². The molecular formula is C11H9Cl2NO. The summed E-state index contributed by atoms with van der Waals surface area (Å²) < 4.78 is 5.32. The Morgan fingerprint density at radius 3 is 2.80 bits per heavy atom. The summed E-state index contributed by atoms with van der Waals surface area (Å²) in [6, 6.07) is 5.58. The van der Waals surface area contributed by atoms with Gasteiger partial charge in [-0.25, -0.2) is 4.98 Å². The van der Waals surface area contributed by atoms with Gasteiger partial charge in [0.05, 0.1) is 11.6 Å². The number of aryl methyl sites for hydroxylation is 1. The van der Waals surface area contributed by atoms with Crippen LogP contribution >= 0.6 is 23.2 Å². The average Bonchev–Trinajstić information content (AvgIpc) is 2.66. The van der Waals surface area contributed by atoms with Crippen molar-refractivity contribution in [3.05, 3.63) is 40.7 Å². The van der Waals surface area contributed by atoms with E-state index in [-0.39, 0.29) is 0 Å². The standard InChI is InChI=1S/C11H9Cl2NO/c1-7-4-8(13)2-3-10(7)11-14-9(5-12)6-15-11/h2-4,6H,5H2,1H3. The number of alkyl halides is 1. The Hall–Kier alpha value is -0.990. The molecular weight excluding hydrogens is 233 g/mol. The third kappa shape index (κ3) is 2.16. The van der Waals surface area contributed by atoms with E-state index >= 15 is 0 Å². The fourth-order valence-electron chi connectivity index (χ4n) is 1.36. The molecule has 2 nitrogen and oxygen atoms in total. The Kier molecular flexibility index (Phi) is 2.98. The highest BCUT2D eigenvalue weighted by Crippen LogP contribution is 2.25. The van der Waals surface area contributed by atoms with Crippen LogP contribution in [0.2, 0.25) is 5.02 Å². The van der Waals surface area contributed by atoms with Crippen molar-refractivity contribution in [2.24, 2.45) is 0 Å². The normalized spacial score (nSPS) is 10.6. The maximum atomic E-state index is 5.86. The number of benzene rings is 1. The summed E-state index contributed by atoms with van der Waals surface area (Å²) >= 11 is 11.5. The number of hydrogen-bond acceptors (Lipinski definition) is 2. The maximum absolute atomic E-state index is 5.86. The van der Waals surface area contributed by atoms with Crippen molar-refractivity contribution in [1.29, 1.82) is 0 Å². The monoisotopic (exact) mass is 241 g/mol. The second kappa shape index (κ2) is 4.25. The molecule has 0 bridgehead atoms. The van der Waals surface area contributed by atoms with E-state index in [1.165, 1.54) is 0 Å². The van der Waals surface area contributed by atoms with E-state index in [1.54, 1.807) is 6.26 Å². The Balaban J connectivity index is 2.44. The fraction of sp³-hybridized carbons (Fsp3) is 0.182. The number of oxazole rings is 1. The molecule has 0 unspecified atom stereocenters. The highest BCUT2D eigenvalue weighted by Gasteiger charge is 2.08. The molecule has 0 saturated carbocycles. The molecule has 78 valence electrons. The summed E-state index contributed by atoms with van der Waals surface area (Å²) in [5, 5.41) is 0.709. The second-order valence-corrected chi connectivity index (χ2v) is 3.94. The quantitative estimate of drug-likeness (QED) is 0.742. The molecule has 1 heterocycles. The van der Waals surface area contributed by atoms with Crippen LogP contribution in [-0.4, -0.2) is 4.98 Å². The zero-order chi connectivity index (χ0) is 10.8. The van der Waals surface area contributed by atoms with Gasteiger partial charge in [0.25, 0.3) is 0 Å². The van der Waals surface area contributed by atoms with Crippen LogP contribution in [0.4, 0.5) is 0 Å². The van der Waals surface area contributed by atoms with Gasteiger partial charge in [0.15, 0.2) is 0 Å². The van der Waals surface area contributed by atoms with E-state index < -0.39 is 0 Å². The van der Waals surface area contributed by atoms with Crippen LogP contribution in [0.5, 0.6) is 0 Å². The van der Waals surface area contributed by atoms with Crippen molar-refractivity contribution in [3.8, 4) is 11.5 Å². The van der Waals surface area contributed by atoms with Crippen LogP contribution in [0.25, 0.3) is 11.5 Å². The minimum atomic E-state index is 0.357. The van der Waals surface area contributed by atoms with Crippen molar-refractivity contribution < 1.29 is 4.42 Å². The van der Waals surface area contributed by atoms with E-state index in [0.29, 0.717) is 16.8 Å². The number of nitrogens with zero attached hydrogens (tertiary/aromatic N) is 1. The molecule has 0 atom stereocenters. The van der Waals surface area contributed by atoms with Gasteiger partial charge in [-0.2, -0.15) is 0 Å². The van der Waals surface area contributed by atoms with Crippen LogP contribution in [0.15, 0.2) is 28.9 Å². The van der Waals surface area contributed by atoms with Gasteiger partial charge in [-0.05, 0) is 30.7 Å². The molecule has 0 radical (unpaired) electrons. The Bertz CT molecular complexity index is 479. The molecule has 0 amide bonds. The largest absolute Gasteiger partial charge is 0.444 e. The first kappa shape index (κ1) is 10.5. The lowest BCUT2D eigenvalue weighted by Gasteiger charge is -2.00. The molecule has 15 heavy (non-hydrogen) atoms. The van der Waals surface area contributed by atoms with Crippen molar-refractivity contribution >= 4 is 23.2 Å². The summed E-state index contributed by atoms with van der Waals surface area (Å²) in [5.41, 5.74) is 2.71. The molecule has 0 aliphatic carbocycles. The molecule has 0 saturated heterocycles. The molecule has 0 fully saturated rings. The number of hydrogen-bond donors (Lipinski definition) is 0. The van der Waals surface area contributed by atoms with Gasteiger partial charge in [0.1, 0.15) is 6.26 Å². The molecule has 4 heteroatoms. The second-order valence-electron chi connectivity index (χ2n) is 3.24. The highest BCUT2D eigenvalue weighted by molar-refractivity contribution is 6.30. The minimum Gasteiger partial charge on any atom is -0.444 e. The summed E-state index contributed by atoms with van der Waals surface area (Å²) in [6.45, 7) is 1.96. The lowest BCUT2D eigenvalue weighted by atomic mass is 10.1. The predicted molar refractivity (Wildman–Crippen MR) is 61.2 cm³/mol. The summed E-state index contributed by atoms with van der Waals surface area (Å²) in [6.07, 6.45) is 1.57. The van der Waals surface area contributed by atoms with E-state index in [2.05, 4.69) is 4.98 Å². The van der Waals surface area contributed by atoms with Gasteiger partial charge in [0, 0.05) is 10.6 Å². The SMILES string of the molecule is Cc1cc(Cl)ccc1-c1nc(CCl)co1. The Morgan fingerprint density at radius 1 is 1.40 bits per heavy atom. The zero-order valence-corrected chi connectivity index (χ0v) is 9.64.